The molecule has 0 spiro atoms. The highest BCUT2D eigenvalue weighted by Crippen LogP contribution is 2.20. The van der Waals surface area contributed by atoms with Crippen molar-refractivity contribution in [1.29, 1.82) is 0 Å². The van der Waals surface area contributed by atoms with Crippen LogP contribution in [-0.2, 0) is 4.79 Å². The van der Waals surface area contributed by atoms with Crippen LogP contribution in [-0.4, -0.2) is 23.0 Å². The maximum absolute atomic E-state index is 12.2. The lowest BCUT2D eigenvalue weighted by Gasteiger charge is -2.33. The SMILES string of the molecule is Cc1ccnc(NC(=O)C2(C)CCCCN2)c1.Cl.Cl. The Bertz CT molecular complexity index is 420. The second-order valence-electron chi connectivity index (χ2n) is 4.89. The second kappa shape index (κ2) is 7.68. The number of amides is 1. The maximum atomic E-state index is 12.2. The highest BCUT2D eigenvalue weighted by Gasteiger charge is 2.34. The topological polar surface area (TPSA) is 54.0 Å². The zero-order valence-corrected chi connectivity index (χ0v) is 12.9. The Labute approximate surface area is 126 Å². The lowest BCUT2D eigenvalue weighted by atomic mass is 9.90. The van der Waals surface area contributed by atoms with Crippen LogP contribution in [0.4, 0.5) is 5.82 Å². The molecule has 1 fully saturated rings. The third kappa shape index (κ3) is 4.64. The Kier molecular flexibility index (Phi) is 7.34. The summed E-state index contributed by atoms with van der Waals surface area (Å²) in [4.78, 5) is 16.3. The molecule has 0 aliphatic carbocycles. The van der Waals surface area contributed by atoms with Gasteiger partial charge < -0.3 is 10.6 Å². The number of aryl methyl sites for hydroxylation is 1. The Morgan fingerprint density at radius 3 is 2.74 bits per heavy atom. The summed E-state index contributed by atoms with van der Waals surface area (Å²) in [5, 5.41) is 6.17. The number of nitrogens with zero attached hydrogens (tertiary/aromatic N) is 1. The molecule has 0 bridgehead atoms. The molecule has 0 radical (unpaired) electrons. The first-order chi connectivity index (χ1) is 8.10. The number of hydrogen-bond donors (Lipinski definition) is 2. The second-order valence-corrected chi connectivity index (χ2v) is 4.89. The summed E-state index contributed by atoms with van der Waals surface area (Å²) in [7, 11) is 0. The van der Waals surface area contributed by atoms with Crippen molar-refractivity contribution in [2.45, 2.75) is 38.6 Å². The number of carbonyl (C=O) groups is 1. The molecule has 4 nitrogen and oxygen atoms in total. The van der Waals surface area contributed by atoms with Gasteiger partial charge in [0, 0.05) is 6.20 Å². The lowest BCUT2D eigenvalue weighted by molar-refractivity contribution is -0.122. The third-order valence-corrected chi connectivity index (χ3v) is 3.28. The zero-order valence-electron chi connectivity index (χ0n) is 11.2. The largest absolute Gasteiger partial charge is 0.309 e. The summed E-state index contributed by atoms with van der Waals surface area (Å²) in [6, 6.07) is 3.79. The van der Waals surface area contributed by atoms with E-state index in [0.29, 0.717) is 5.82 Å². The highest BCUT2D eigenvalue weighted by atomic mass is 35.5. The summed E-state index contributed by atoms with van der Waals surface area (Å²) in [5.74, 6) is 0.638. The van der Waals surface area contributed by atoms with Crippen LogP contribution in [0.3, 0.4) is 0 Å². The number of nitrogens with one attached hydrogen (secondary N) is 2. The van der Waals surface area contributed by atoms with E-state index in [2.05, 4.69) is 15.6 Å². The quantitative estimate of drug-likeness (QED) is 0.883. The number of anilines is 1. The van der Waals surface area contributed by atoms with E-state index in [4.69, 9.17) is 0 Å². The minimum atomic E-state index is -0.455. The molecule has 2 heterocycles. The van der Waals surface area contributed by atoms with Crippen LogP contribution in [0.5, 0.6) is 0 Å². The van der Waals surface area contributed by atoms with Gasteiger partial charge in [-0.15, -0.1) is 24.8 Å². The zero-order chi connectivity index (χ0) is 12.3. The van der Waals surface area contributed by atoms with Crippen molar-refractivity contribution in [1.82, 2.24) is 10.3 Å². The number of pyridine rings is 1. The minimum absolute atomic E-state index is 0. The smallest absolute Gasteiger partial charge is 0.245 e. The van der Waals surface area contributed by atoms with E-state index in [1.807, 2.05) is 26.0 Å². The fourth-order valence-corrected chi connectivity index (χ4v) is 2.11. The predicted octanol–water partition coefficient (Wildman–Crippen LogP) is 2.70. The molecule has 1 amide bonds. The molecular formula is C13H21Cl2N3O. The van der Waals surface area contributed by atoms with Crippen molar-refractivity contribution in [2.24, 2.45) is 0 Å². The van der Waals surface area contributed by atoms with Crippen molar-refractivity contribution < 1.29 is 4.79 Å². The van der Waals surface area contributed by atoms with Crippen LogP contribution in [0.1, 0.15) is 31.7 Å². The van der Waals surface area contributed by atoms with Gasteiger partial charge in [0.25, 0.3) is 0 Å². The standard InChI is InChI=1S/C13H19N3O.2ClH/c1-10-5-8-14-11(9-10)16-12(17)13(2)6-3-4-7-15-13;;/h5,8-9,15H,3-4,6-7H2,1-2H3,(H,14,16,17);2*1H. The van der Waals surface area contributed by atoms with E-state index in [0.717, 1.165) is 31.4 Å². The fourth-order valence-electron chi connectivity index (χ4n) is 2.11. The molecule has 1 aliphatic rings. The normalized spacial score (nSPS) is 21.8. The van der Waals surface area contributed by atoms with E-state index in [9.17, 15) is 4.79 Å². The molecule has 0 saturated carbocycles. The van der Waals surface area contributed by atoms with Gasteiger partial charge in [-0.25, -0.2) is 4.98 Å². The first kappa shape index (κ1) is 18.2. The number of piperidine rings is 1. The molecule has 2 N–H and O–H groups in total. The molecule has 1 saturated heterocycles. The average Bonchev–Trinajstić information content (AvgIpc) is 2.30. The van der Waals surface area contributed by atoms with Gasteiger partial charge >= 0.3 is 0 Å². The summed E-state index contributed by atoms with van der Waals surface area (Å²) in [6.45, 7) is 4.85. The Morgan fingerprint density at radius 2 is 2.16 bits per heavy atom. The van der Waals surface area contributed by atoms with Gasteiger partial charge in [-0.2, -0.15) is 0 Å². The number of halogens is 2. The fraction of sp³-hybridized carbons (Fsp3) is 0.538. The van der Waals surface area contributed by atoms with Crippen LogP contribution >= 0.6 is 24.8 Å². The van der Waals surface area contributed by atoms with Crippen molar-refractivity contribution in [2.75, 3.05) is 11.9 Å². The van der Waals surface area contributed by atoms with Crippen LogP contribution in [0.15, 0.2) is 18.3 Å². The Balaban J connectivity index is 0.00000162. The molecule has 19 heavy (non-hydrogen) atoms. The monoisotopic (exact) mass is 305 g/mol. The van der Waals surface area contributed by atoms with Crippen LogP contribution in [0.2, 0.25) is 0 Å². The van der Waals surface area contributed by atoms with Crippen LogP contribution in [0.25, 0.3) is 0 Å². The number of aromatic nitrogens is 1. The van der Waals surface area contributed by atoms with E-state index in [1.54, 1.807) is 6.20 Å². The average molecular weight is 306 g/mol. The van der Waals surface area contributed by atoms with Gasteiger partial charge in [0.1, 0.15) is 5.82 Å². The van der Waals surface area contributed by atoms with Crippen molar-refractivity contribution >= 4 is 36.5 Å². The van der Waals surface area contributed by atoms with Crippen molar-refractivity contribution in [3.05, 3.63) is 23.9 Å². The first-order valence-corrected chi connectivity index (χ1v) is 6.09. The molecule has 1 aliphatic heterocycles. The third-order valence-electron chi connectivity index (χ3n) is 3.28. The molecular weight excluding hydrogens is 285 g/mol. The first-order valence-electron chi connectivity index (χ1n) is 6.09. The van der Waals surface area contributed by atoms with Crippen molar-refractivity contribution in [3.63, 3.8) is 0 Å². The summed E-state index contributed by atoms with van der Waals surface area (Å²) in [6.07, 6.45) is 4.83. The highest BCUT2D eigenvalue weighted by molar-refractivity contribution is 5.97. The molecule has 1 aromatic rings. The number of rotatable bonds is 2. The van der Waals surface area contributed by atoms with E-state index in [-0.39, 0.29) is 30.7 Å². The van der Waals surface area contributed by atoms with Gasteiger partial charge in [0.2, 0.25) is 5.91 Å². The summed E-state index contributed by atoms with van der Waals surface area (Å²) < 4.78 is 0. The molecule has 0 aromatic carbocycles. The van der Waals surface area contributed by atoms with E-state index in [1.165, 1.54) is 0 Å². The minimum Gasteiger partial charge on any atom is -0.309 e. The van der Waals surface area contributed by atoms with Gasteiger partial charge in [-0.1, -0.05) is 0 Å². The number of hydrogen-bond acceptors (Lipinski definition) is 3. The molecule has 1 atom stereocenters. The van der Waals surface area contributed by atoms with Gasteiger partial charge in [-0.05, 0) is 57.4 Å². The summed E-state index contributed by atoms with van der Waals surface area (Å²) in [5.41, 5.74) is 0.640. The van der Waals surface area contributed by atoms with E-state index >= 15 is 0 Å². The van der Waals surface area contributed by atoms with Crippen LogP contribution in [0, 0.1) is 6.92 Å². The molecule has 108 valence electrons. The molecule has 2 rings (SSSR count). The molecule has 1 unspecified atom stereocenters. The maximum Gasteiger partial charge on any atom is 0.245 e. The summed E-state index contributed by atoms with van der Waals surface area (Å²) >= 11 is 0. The lowest BCUT2D eigenvalue weighted by Crippen LogP contribution is -2.54. The van der Waals surface area contributed by atoms with Gasteiger partial charge in [0.05, 0.1) is 5.54 Å². The van der Waals surface area contributed by atoms with Crippen molar-refractivity contribution in [3.8, 4) is 0 Å². The number of carbonyl (C=O) groups excluding carboxylic acids is 1. The van der Waals surface area contributed by atoms with Gasteiger partial charge in [0.15, 0.2) is 0 Å². The van der Waals surface area contributed by atoms with Crippen LogP contribution < -0.4 is 10.6 Å². The van der Waals surface area contributed by atoms with Gasteiger partial charge in [-0.3, -0.25) is 4.79 Å². The Morgan fingerprint density at radius 1 is 1.42 bits per heavy atom. The molecule has 1 aromatic heterocycles. The van der Waals surface area contributed by atoms with E-state index < -0.39 is 5.54 Å². The predicted molar refractivity (Wildman–Crippen MR) is 82.4 cm³/mol. The Hall–Kier alpha value is -0.840. The molecule has 6 heteroatoms.